The third-order valence-electron chi connectivity index (χ3n) is 3.13. The molecule has 0 fully saturated rings. The van der Waals surface area contributed by atoms with Gasteiger partial charge in [-0.05, 0) is 38.1 Å². The highest BCUT2D eigenvalue weighted by Gasteiger charge is 2.09. The highest BCUT2D eigenvalue weighted by Crippen LogP contribution is 2.26. The summed E-state index contributed by atoms with van der Waals surface area (Å²) in [5, 5.41) is 4.46. The monoisotopic (exact) mass is 341 g/mol. The maximum atomic E-state index is 4.70. The smallest absolute Gasteiger partial charge is 0.162 e. The average molecular weight is 342 g/mol. The van der Waals surface area contributed by atoms with Crippen molar-refractivity contribution in [3.8, 4) is 11.4 Å². The summed E-state index contributed by atoms with van der Waals surface area (Å²) in [6.07, 6.45) is 0. The van der Waals surface area contributed by atoms with E-state index in [-0.39, 0.29) is 0 Å². The van der Waals surface area contributed by atoms with E-state index in [1.807, 2.05) is 48.5 Å². The van der Waals surface area contributed by atoms with Crippen LogP contribution in [0.15, 0.2) is 53.0 Å². The van der Waals surface area contributed by atoms with E-state index in [9.17, 15) is 0 Å². The van der Waals surface area contributed by atoms with Gasteiger partial charge in [0.2, 0.25) is 0 Å². The fourth-order valence-corrected chi connectivity index (χ4v) is 2.45. The summed E-state index contributed by atoms with van der Waals surface area (Å²) in [5.74, 6) is 1.62. The molecule has 0 aliphatic carbocycles. The van der Waals surface area contributed by atoms with Crippen LogP contribution < -0.4 is 5.32 Å². The number of halogens is 1. The van der Waals surface area contributed by atoms with Crippen LogP contribution in [0.3, 0.4) is 0 Å². The standard InChI is InChI=1S/C17H16BrN3/c1-11(2)19-17-14-5-3-4-6-15(14)20-16(21-17)12-7-9-13(18)10-8-12/h3-11H,1-2H3,(H,19,20,21). The Labute approximate surface area is 132 Å². The van der Waals surface area contributed by atoms with Crippen molar-refractivity contribution in [3.63, 3.8) is 0 Å². The van der Waals surface area contributed by atoms with E-state index in [0.29, 0.717) is 6.04 Å². The fourth-order valence-electron chi connectivity index (χ4n) is 2.19. The molecule has 2 aromatic carbocycles. The van der Waals surface area contributed by atoms with Crippen LogP contribution in [0.5, 0.6) is 0 Å². The Hall–Kier alpha value is -1.94. The molecule has 0 saturated heterocycles. The molecular weight excluding hydrogens is 326 g/mol. The van der Waals surface area contributed by atoms with Crippen molar-refractivity contribution in [2.75, 3.05) is 5.32 Å². The van der Waals surface area contributed by atoms with Gasteiger partial charge >= 0.3 is 0 Å². The summed E-state index contributed by atoms with van der Waals surface area (Å²) in [4.78, 5) is 9.38. The van der Waals surface area contributed by atoms with Gasteiger partial charge in [-0.25, -0.2) is 9.97 Å². The van der Waals surface area contributed by atoms with Gasteiger partial charge < -0.3 is 5.32 Å². The predicted octanol–water partition coefficient (Wildman–Crippen LogP) is 4.88. The largest absolute Gasteiger partial charge is 0.367 e. The zero-order chi connectivity index (χ0) is 14.8. The van der Waals surface area contributed by atoms with Gasteiger partial charge in [-0.3, -0.25) is 0 Å². The molecule has 106 valence electrons. The summed E-state index contributed by atoms with van der Waals surface area (Å²) in [6.45, 7) is 4.21. The summed E-state index contributed by atoms with van der Waals surface area (Å²) in [6, 6.07) is 16.4. The van der Waals surface area contributed by atoms with E-state index in [0.717, 1.165) is 32.6 Å². The maximum Gasteiger partial charge on any atom is 0.162 e. The highest BCUT2D eigenvalue weighted by atomic mass is 79.9. The number of nitrogens with zero attached hydrogens (tertiary/aromatic N) is 2. The Morgan fingerprint density at radius 3 is 2.38 bits per heavy atom. The lowest BCUT2D eigenvalue weighted by atomic mass is 10.2. The van der Waals surface area contributed by atoms with E-state index < -0.39 is 0 Å². The third-order valence-corrected chi connectivity index (χ3v) is 3.66. The zero-order valence-electron chi connectivity index (χ0n) is 12.0. The number of para-hydroxylation sites is 1. The molecule has 0 bridgehead atoms. The van der Waals surface area contributed by atoms with Crippen molar-refractivity contribution in [2.24, 2.45) is 0 Å². The van der Waals surface area contributed by atoms with Gasteiger partial charge in [-0.2, -0.15) is 0 Å². The average Bonchev–Trinajstić information content (AvgIpc) is 2.47. The van der Waals surface area contributed by atoms with Gasteiger partial charge in [0.1, 0.15) is 5.82 Å². The first-order valence-corrected chi connectivity index (χ1v) is 7.72. The number of fused-ring (bicyclic) bond motifs is 1. The third kappa shape index (κ3) is 3.05. The van der Waals surface area contributed by atoms with E-state index in [2.05, 4.69) is 40.1 Å². The molecular formula is C17H16BrN3. The van der Waals surface area contributed by atoms with Crippen molar-refractivity contribution >= 4 is 32.7 Å². The zero-order valence-corrected chi connectivity index (χ0v) is 13.6. The van der Waals surface area contributed by atoms with Crippen LogP contribution >= 0.6 is 15.9 Å². The molecule has 0 amide bonds. The minimum absolute atomic E-state index is 0.320. The number of aromatic nitrogens is 2. The van der Waals surface area contributed by atoms with Crippen molar-refractivity contribution in [3.05, 3.63) is 53.0 Å². The van der Waals surface area contributed by atoms with E-state index >= 15 is 0 Å². The van der Waals surface area contributed by atoms with Gasteiger partial charge in [0.15, 0.2) is 5.82 Å². The van der Waals surface area contributed by atoms with Crippen molar-refractivity contribution in [1.29, 1.82) is 0 Å². The normalized spacial score (nSPS) is 11.0. The van der Waals surface area contributed by atoms with E-state index in [4.69, 9.17) is 4.98 Å². The summed E-state index contributed by atoms with van der Waals surface area (Å²) >= 11 is 3.45. The molecule has 0 spiro atoms. The van der Waals surface area contributed by atoms with Crippen molar-refractivity contribution < 1.29 is 0 Å². The van der Waals surface area contributed by atoms with Gasteiger partial charge in [-0.1, -0.05) is 40.2 Å². The highest BCUT2D eigenvalue weighted by molar-refractivity contribution is 9.10. The number of anilines is 1. The summed E-state index contributed by atoms with van der Waals surface area (Å²) < 4.78 is 1.05. The second kappa shape index (κ2) is 5.82. The first kappa shape index (κ1) is 14.0. The molecule has 0 unspecified atom stereocenters. The molecule has 1 aromatic heterocycles. The molecule has 3 nitrogen and oxygen atoms in total. The van der Waals surface area contributed by atoms with Gasteiger partial charge in [-0.15, -0.1) is 0 Å². The summed E-state index contributed by atoms with van der Waals surface area (Å²) in [7, 11) is 0. The lowest BCUT2D eigenvalue weighted by Gasteiger charge is -2.13. The Morgan fingerprint density at radius 1 is 0.952 bits per heavy atom. The Balaban J connectivity index is 2.17. The van der Waals surface area contributed by atoms with Crippen molar-refractivity contribution in [2.45, 2.75) is 19.9 Å². The summed E-state index contributed by atoms with van der Waals surface area (Å²) in [5.41, 5.74) is 1.96. The molecule has 0 atom stereocenters. The SMILES string of the molecule is CC(C)Nc1nc(-c2ccc(Br)cc2)nc2ccccc12. The Bertz CT molecular complexity index is 767. The molecule has 3 aromatic rings. The number of nitrogens with one attached hydrogen (secondary N) is 1. The van der Waals surface area contributed by atoms with E-state index in [1.165, 1.54) is 0 Å². The first-order valence-electron chi connectivity index (χ1n) is 6.93. The number of hydrogen-bond acceptors (Lipinski definition) is 3. The Kier molecular flexibility index (Phi) is 3.88. The number of benzene rings is 2. The molecule has 4 heteroatoms. The van der Waals surface area contributed by atoms with Gasteiger partial charge in [0, 0.05) is 21.5 Å². The van der Waals surface area contributed by atoms with Crippen LogP contribution in [-0.2, 0) is 0 Å². The van der Waals surface area contributed by atoms with Crippen LogP contribution in [0.4, 0.5) is 5.82 Å². The van der Waals surface area contributed by atoms with Crippen LogP contribution in [-0.4, -0.2) is 16.0 Å². The molecule has 0 aliphatic heterocycles. The van der Waals surface area contributed by atoms with Crippen molar-refractivity contribution in [1.82, 2.24) is 9.97 Å². The van der Waals surface area contributed by atoms with Gasteiger partial charge in [0.25, 0.3) is 0 Å². The lowest BCUT2D eigenvalue weighted by Crippen LogP contribution is -2.12. The van der Waals surface area contributed by atoms with Crippen LogP contribution in [0.1, 0.15) is 13.8 Å². The maximum absolute atomic E-state index is 4.70. The Morgan fingerprint density at radius 2 is 1.67 bits per heavy atom. The topological polar surface area (TPSA) is 37.8 Å². The predicted molar refractivity (Wildman–Crippen MR) is 91.4 cm³/mol. The minimum Gasteiger partial charge on any atom is -0.367 e. The first-order chi connectivity index (χ1) is 10.1. The number of hydrogen-bond donors (Lipinski definition) is 1. The molecule has 0 aliphatic rings. The second-order valence-electron chi connectivity index (χ2n) is 5.22. The second-order valence-corrected chi connectivity index (χ2v) is 6.13. The minimum atomic E-state index is 0.320. The molecule has 21 heavy (non-hydrogen) atoms. The molecule has 3 rings (SSSR count). The molecule has 1 N–H and O–H groups in total. The quantitative estimate of drug-likeness (QED) is 0.737. The lowest BCUT2D eigenvalue weighted by molar-refractivity contribution is 0.891. The van der Waals surface area contributed by atoms with Crippen LogP contribution in [0.25, 0.3) is 22.3 Å². The molecule has 1 heterocycles. The van der Waals surface area contributed by atoms with E-state index in [1.54, 1.807) is 0 Å². The van der Waals surface area contributed by atoms with Crippen LogP contribution in [0.2, 0.25) is 0 Å². The number of rotatable bonds is 3. The molecule has 0 radical (unpaired) electrons. The van der Waals surface area contributed by atoms with Gasteiger partial charge in [0.05, 0.1) is 5.52 Å². The van der Waals surface area contributed by atoms with Crippen LogP contribution in [0, 0.1) is 0 Å². The fraction of sp³-hybridized carbons (Fsp3) is 0.176. The molecule has 0 saturated carbocycles.